The fourth-order valence-corrected chi connectivity index (χ4v) is 2.99. The van der Waals surface area contributed by atoms with Gasteiger partial charge in [-0.05, 0) is 43.0 Å². The normalized spacial score (nSPS) is 11.4. The van der Waals surface area contributed by atoms with Crippen LogP contribution in [0.5, 0.6) is 0 Å². The number of halogens is 1. The van der Waals surface area contributed by atoms with Crippen molar-refractivity contribution in [1.82, 2.24) is 15.0 Å². The van der Waals surface area contributed by atoms with Crippen molar-refractivity contribution in [1.29, 1.82) is 0 Å². The summed E-state index contributed by atoms with van der Waals surface area (Å²) in [6.07, 6.45) is 1.10. The van der Waals surface area contributed by atoms with E-state index in [1.54, 1.807) is 0 Å². The number of pyridine rings is 1. The van der Waals surface area contributed by atoms with Gasteiger partial charge in [-0.2, -0.15) is 0 Å². The van der Waals surface area contributed by atoms with Crippen molar-refractivity contribution in [3.05, 3.63) is 47.0 Å². The fourth-order valence-electron chi connectivity index (χ4n) is 2.99. The molecule has 23 heavy (non-hydrogen) atoms. The van der Waals surface area contributed by atoms with E-state index in [1.165, 1.54) is 11.1 Å². The molecule has 2 aromatic heterocycles. The number of anilines is 1. The highest BCUT2D eigenvalue weighted by Gasteiger charge is 2.15. The van der Waals surface area contributed by atoms with Gasteiger partial charge in [0.25, 0.3) is 0 Å². The van der Waals surface area contributed by atoms with Gasteiger partial charge in [-0.3, -0.25) is 4.98 Å². The average molecular weight is 310 g/mol. The minimum atomic E-state index is -0.485. The molecule has 0 amide bonds. The topological polar surface area (TPSA) is 64.7 Å². The summed E-state index contributed by atoms with van der Waals surface area (Å²) in [6, 6.07) is 5.66. The van der Waals surface area contributed by atoms with E-state index in [1.807, 2.05) is 25.1 Å². The third-order valence-electron chi connectivity index (χ3n) is 4.14. The molecule has 0 saturated carbocycles. The first kappa shape index (κ1) is 15.3. The summed E-state index contributed by atoms with van der Waals surface area (Å²) in [7, 11) is 0. The molecule has 0 fully saturated rings. The highest BCUT2D eigenvalue weighted by Crippen LogP contribution is 2.32. The Bertz CT molecular complexity index is 903. The highest BCUT2D eigenvalue weighted by atomic mass is 19.1. The summed E-state index contributed by atoms with van der Waals surface area (Å²) >= 11 is 0. The van der Waals surface area contributed by atoms with Crippen LogP contribution in [0.15, 0.2) is 24.4 Å². The molecule has 118 valence electrons. The Balaban J connectivity index is 2.32. The molecule has 0 atom stereocenters. The van der Waals surface area contributed by atoms with Crippen molar-refractivity contribution < 1.29 is 4.39 Å². The van der Waals surface area contributed by atoms with Gasteiger partial charge < -0.3 is 5.73 Å². The van der Waals surface area contributed by atoms with Gasteiger partial charge in [0, 0.05) is 16.6 Å². The SMILES string of the molecule is Cc1nc2ccc(-c3nc(N)ncc3F)cc2c(C(C)C)c1C. The monoisotopic (exact) mass is 310 g/mol. The Hall–Kier alpha value is -2.56. The number of hydrogen-bond donors (Lipinski definition) is 1. The number of hydrogen-bond acceptors (Lipinski definition) is 4. The van der Waals surface area contributed by atoms with E-state index >= 15 is 0 Å². The van der Waals surface area contributed by atoms with Gasteiger partial charge in [0.15, 0.2) is 5.82 Å². The van der Waals surface area contributed by atoms with E-state index < -0.39 is 5.82 Å². The third kappa shape index (κ3) is 2.63. The van der Waals surface area contributed by atoms with Crippen LogP contribution in [0.25, 0.3) is 22.2 Å². The lowest BCUT2D eigenvalue weighted by atomic mass is 9.92. The van der Waals surface area contributed by atoms with Gasteiger partial charge in [-0.25, -0.2) is 14.4 Å². The Kier molecular flexibility index (Phi) is 3.72. The molecule has 3 aromatic rings. The van der Waals surface area contributed by atoms with Crippen LogP contribution in [0.1, 0.15) is 36.6 Å². The van der Waals surface area contributed by atoms with Crippen molar-refractivity contribution in [2.75, 3.05) is 5.73 Å². The lowest BCUT2D eigenvalue weighted by molar-refractivity contribution is 0.619. The number of rotatable bonds is 2. The molecule has 0 aliphatic heterocycles. The summed E-state index contributed by atoms with van der Waals surface area (Å²) in [4.78, 5) is 12.4. The maximum absolute atomic E-state index is 14.1. The summed E-state index contributed by atoms with van der Waals surface area (Å²) < 4.78 is 14.1. The third-order valence-corrected chi connectivity index (χ3v) is 4.14. The smallest absolute Gasteiger partial charge is 0.220 e. The lowest BCUT2D eigenvalue weighted by Gasteiger charge is -2.16. The van der Waals surface area contributed by atoms with E-state index in [-0.39, 0.29) is 11.6 Å². The molecule has 2 N–H and O–H groups in total. The molecular formula is C18H19FN4. The van der Waals surface area contributed by atoms with Crippen LogP contribution >= 0.6 is 0 Å². The van der Waals surface area contributed by atoms with Crippen molar-refractivity contribution >= 4 is 16.9 Å². The first-order chi connectivity index (χ1) is 10.9. The second-order valence-electron chi connectivity index (χ2n) is 6.05. The van der Waals surface area contributed by atoms with Crippen LogP contribution < -0.4 is 5.73 Å². The highest BCUT2D eigenvalue weighted by molar-refractivity contribution is 5.88. The van der Waals surface area contributed by atoms with Crippen LogP contribution in [-0.2, 0) is 0 Å². The Morgan fingerprint density at radius 1 is 1.13 bits per heavy atom. The fraction of sp³-hybridized carbons (Fsp3) is 0.278. The second kappa shape index (κ2) is 5.57. The lowest BCUT2D eigenvalue weighted by Crippen LogP contribution is -2.01. The minimum absolute atomic E-state index is 0.0591. The van der Waals surface area contributed by atoms with Crippen LogP contribution in [-0.4, -0.2) is 15.0 Å². The number of nitrogens with two attached hydrogens (primary N) is 1. The molecule has 1 aromatic carbocycles. The van der Waals surface area contributed by atoms with Crippen molar-refractivity contribution in [3.63, 3.8) is 0 Å². The Morgan fingerprint density at radius 2 is 1.87 bits per heavy atom. The molecule has 0 spiro atoms. The number of aryl methyl sites for hydroxylation is 1. The van der Waals surface area contributed by atoms with Crippen LogP contribution in [0.3, 0.4) is 0 Å². The van der Waals surface area contributed by atoms with Crippen molar-refractivity contribution in [3.8, 4) is 11.3 Å². The number of nitrogens with zero attached hydrogens (tertiary/aromatic N) is 3. The molecule has 0 aliphatic carbocycles. The van der Waals surface area contributed by atoms with E-state index in [0.717, 1.165) is 22.8 Å². The second-order valence-corrected chi connectivity index (χ2v) is 6.05. The zero-order chi connectivity index (χ0) is 16.7. The molecule has 0 aliphatic rings. The molecule has 0 radical (unpaired) electrons. The Labute approximate surface area is 134 Å². The molecule has 4 nitrogen and oxygen atoms in total. The maximum atomic E-state index is 14.1. The summed E-state index contributed by atoms with van der Waals surface area (Å²) in [5.41, 5.74) is 10.8. The summed E-state index contributed by atoms with van der Waals surface area (Å²) in [6.45, 7) is 8.39. The van der Waals surface area contributed by atoms with Gasteiger partial charge in [-0.1, -0.05) is 19.9 Å². The zero-order valence-electron chi connectivity index (χ0n) is 13.7. The van der Waals surface area contributed by atoms with Gasteiger partial charge in [0.05, 0.1) is 11.7 Å². The number of nitrogen functional groups attached to an aromatic ring is 1. The molecule has 5 heteroatoms. The first-order valence-electron chi connectivity index (χ1n) is 7.57. The summed E-state index contributed by atoms with van der Waals surface area (Å²) in [5, 5.41) is 1.03. The molecule has 3 rings (SSSR count). The standard InChI is InChI=1S/C18H19FN4/c1-9(2)16-10(3)11(4)22-15-6-5-12(7-13(15)16)17-14(19)8-21-18(20)23-17/h5-9H,1-4H3,(H2,20,21,23). The maximum Gasteiger partial charge on any atom is 0.220 e. The van der Waals surface area contributed by atoms with E-state index in [0.29, 0.717) is 11.5 Å². The minimum Gasteiger partial charge on any atom is -0.368 e. The Morgan fingerprint density at radius 3 is 2.57 bits per heavy atom. The van der Waals surface area contributed by atoms with Crippen LogP contribution in [0, 0.1) is 19.7 Å². The van der Waals surface area contributed by atoms with E-state index in [4.69, 9.17) is 5.73 Å². The van der Waals surface area contributed by atoms with Crippen molar-refractivity contribution in [2.45, 2.75) is 33.6 Å². The summed E-state index contributed by atoms with van der Waals surface area (Å²) in [5.74, 6) is -0.0833. The zero-order valence-corrected chi connectivity index (χ0v) is 13.7. The quantitative estimate of drug-likeness (QED) is 0.772. The largest absolute Gasteiger partial charge is 0.368 e. The van der Waals surface area contributed by atoms with Gasteiger partial charge in [-0.15, -0.1) is 0 Å². The van der Waals surface area contributed by atoms with E-state index in [9.17, 15) is 4.39 Å². The molecule has 0 bridgehead atoms. The number of aromatic nitrogens is 3. The van der Waals surface area contributed by atoms with E-state index in [2.05, 4.69) is 35.7 Å². The molecule has 0 saturated heterocycles. The predicted octanol–water partition coefficient (Wildman–Crippen LogP) is 4.15. The van der Waals surface area contributed by atoms with Crippen LogP contribution in [0.4, 0.5) is 10.3 Å². The average Bonchev–Trinajstić information content (AvgIpc) is 2.50. The molecule has 2 heterocycles. The van der Waals surface area contributed by atoms with Gasteiger partial charge in [0.1, 0.15) is 5.69 Å². The molecular weight excluding hydrogens is 291 g/mol. The molecule has 0 unspecified atom stereocenters. The van der Waals surface area contributed by atoms with Gasteiger partial charge in [0.2, 0.25) is 5.95 Å². The van der Waals surface area contributed by atoms with Crippen molar-refractivity contribution in [2.24, 2.45) is 0 Å². The predicted molar refractivity (Wildman–Crippen MR) is 90.7 cm³/mol. The number of fused-ring (bicyclic) bond motifs is 1. The first-order valence-corrected chi connectivity index (χ1v) is 7.57. The number of benzene rings is 1. The van der Waals surface area contributed by atoms with Gasteiger partial charge >= 0.3 is 0 Å². The van der Waals surface area contributed by atoms with Crippen LogP contribution in [0.2, 0.25) is 0 Å².